The Labute approximate surface area is 99.7 Å². The standard InChI is InChI=1S/C8H19ISi.C3H8/c1-7(2,3)10(9)8(4,5)6;1-3-2/h10H,1-6H3;3H2,1-2H3. The van der Waals surface area contributed by atoms with Crippen LogP contribution in [0.2, 0.25) is 10.1 Å². The lowest BCUT2D eigenvalue weighted by Gasteiger charge is -2.34. The molecule has 0 bridgehead atoms. The molecular weight excluding hydrogens is 287 g/mol. The minimum absolute atomic E-state index is 0.568. The Balaban J connectivity index is 0. The van der Waals surface area contributed by atoms with E-state index in [-0.39, 0.29) is 0 Å². The van der Waals surface area contributed by atoms with Crippen LogP contribution in [-0.2, 0) is 0 Å². The fourth-order valence-corrected chi connectivity index (χ4v) is 3.90. The minimum atomic E-state index is -0.609. The van der Waals surface area contributed by atoms with Gasteiger partial charge in [0.15, 0.2) is 0 Å². The van der Waals surface area contributed by atoms with Crippen LogP contribution in [0.3, 0.4) is 0 Å². The molecule has 0 radical (unpaired) electrons. The third-order valence-corrected chi connectivity index (χ3v) is 15.8. The normalized spacial score (nSPS) is 12.5. The van der Waals surface area contributed by atoms with Crippen molar-refractivity contribution < 1.29 is 0 Å². The SMILES string of the molecule is CC(C)(C)[SiH](I)C(C)(C)C.CCC. The van der Waals surface area contributed by atoms with Crippen molar-refractivity contribution in [1.82, 2.24) is 0 Å². The van der Waals surface area contributed by atoms with Crippen LogP contribution in [0.15, 0.2) is 0 Å². The second-order valence-electron chi connectivity index (χ2n) is 5.80. The quantitative estimate of drug-likeness (QED) is 0.329. The van der Waals surface area contributed by atoms with Gasteiger partial charge in [0.25, 0.3) is 0 Å². The zero-order valence-electron chi connectivity index (χ0n) is 10.7. The van der Waals surface area contributed by atoms with Crippen molar-refractivity contribution in [3.8, 4) is 0 Å². The highest BCUT2D eigenvalue weighted by molar-refractivity contribution is 14.1. The van der Waals surface area contributed by atoms with E-state index in [9.17, 15) is 0 Å². The summed E-state index contributed by atoms with van der Waals surface area (Å²) in [5, 5.41) is 1.14. The third kappa shape index (κ3) is 9.26. The molecule has 0 aromatic rings. The molecule has 0 saturated heterocycles. The second-order valence-corrected chi connectivity index (χ2v) is 13.7. The number of halogens is 1. The van der Waals surface area contributed by atoms with Gasteiger partial charge in [0.1, 0.15) is 6.29 Å². The molecule has 0 N–H and O–H groups in total. The first-order valence-corrected chi connectivity index (χ1v) is 10.5. The molecule has 0 amide bonds. The molecule has 0 heterocycles. The molecule has 0 unspecified atom stereocenters. The highest BCUT2D eigenvalue weighted by Crippen LogP contribution is 2.45. The summed E-state index contributed by atoms with van der Waals surface area (Å²) in [5.41, 5.74) is 0. The van der Waals surface area contributed by atoms with Gasteiger partial charge in [-0.3, -0.25) is 0 Å². The first kappa shape index (κ1) is 16.4. The summed E-state index contributed by atoms with van der Waals surface area (Å²) in [6, 6.07) is 0. The van der Waals surface area contributed by atoms with Crippen molar-refractivity contribution in [3.05, 3.63) is 0 Å². The predicted molar refractivity (Wildman–Crippen MR) is 76.6 cm³/mol. The van der Waals surface area contributed by atoms with Gasteiger partial charge in [-0.15, -0.1) is 21.8 Å². The smallest absolute Gasteiger partial charge is 0.120 e. The summed E-state index contributed by atoms with van der Waals surface area (Å²) in [6.07, 6.45) is 0.641. The zero-order valence-corrected chi connectivity index (χ0v) is 14.0. The maximum atomic E-state index is 2.69. The number of rotatable bonds is 0. The monoisotopic (exact) mass is 314 g/mol. The van der Waals surface area contributed by atoms with Crippen LogP contribution in [0.25, 0.3) is 0 Å². The van der Waals surface area contributed by atoms with Crippen molar-refractivity contribution in [2.24, 2.45) is 0 Å². The Hall–Kier alpha value is 0.947. The first-order chi connectivity index (χ1) is 5.57. The number of hydrogen-bond donors (Lipinski definition) is 0. The average Bonchev–Trinajstić information content (AvgIpc) is 1.84. The van der Waals surface area contributed by atoms with Gasteiger partial charge >= 0.3 is 0 Å². The molecule has 0 saturated carbocycles. The van der Waals surface area contributed by atoms with E-state index in [0.717, 1.165) is 0 Å². The summed E-state index contributed by atoms with van der Waals surface area (Å²) < 4.78 is 0. The average molecular weight is 314 g/mol. The first-order valence-electron chi connectivity index (χ1n) is 5.21. The van der Waals surface area contributed by atoms with Crippen molar-refractivity contribution in [2.45, 2.75) is 71.9 Å². The van der Waals surface area contributed by atoms with E-state index in [1.54, 1.807) is 0 Å². The highest BCUT2D eigenvalue weighted by atomic mass is 127. The van der Waals surface area contributed by atoms with Crippen LogP contribution in [0.4, 0.5) is 0 Å². The Kier molecular flexibility index (Phi) is 8.11. The van der Waals surface area contributed by atoms with Gasteiger partial charge in [0.2, 0.25) is 0 Å². The van der Waals surface area contributed by atoms with Crippen molar-refractivity contribution in [3.63, 3.8) is 0 Å². The maximum Gasteiger partial charge on any atom is 0.120 e. The minimum Gasteiger partial charge on any atom is -0.122 e. The van der Waals surface area contributed by atoms with Crippen LogP contribution in [-0.4, -0.2) is 6.29 Å². The Bertz CT molecular complexity index is 105. The summed E-state index contributed by atoms with van der Waals surface area (Å²) in [6.45, 7) is 18.4. The topological polar surface area (TPSA) is 0 Å². The lowest BCUT2D eigenvalue weighted by atomic mass is 10.2. The molecule has 0 nitrogen and oxygen atoms in total. The van der Waals surface area contributed by atoms with Gasteiger partial charge in [-0.25, -0.2) is 0 Å². The Morgan fingerprint density at radius 3 is 1.00 bits per heavy atom. The van der Waals surface area contributed by atoms with Crippen LogP contribution < -0.4 is 0 Å². The molecule has 0 fully saturated rings. The van der Waals surface area contributed by atoms with Gasteiger partial charge in [0, 0.05) is 0 Å². The summed E-state index contributed by atoms with van der Waals surface area (Å²) in [5.74, 6) is 0. The third-order valence-electron chi connectivity index (χ3n) is 1.52. The lowest BCUT2D eigenvalue weighted by Crippen LogP contribution is -2.28. The largest absolute Gasteiger partial charge is 0.122 e. The van der Waals surface area contributed by atoms with Crippen LogP contribution >= 0.6 is 21.8 Å². The van der Waals surface area contributed by atoms with E-state index in [1.807, 2.05) is 0 Å². The zero-order chi connectivity index (χ0) is 11.3. The fraction of sp³-hybridized carbons (Fsp3) is 1.00. The van der Waals surface area contributed by atoms with Gasteiger partial charge in [-0.1, -0.05) is 61.8 Å². The molecule has 0 aromatic carbocycles. The van der Waals surface area contributed by atoms with Crippen LogP contribution in [0.1, 0.15) is 61.8 Å². The van der Waals surface area contributed by atoms with Gasteiger partial charge in [-0.2, -0.15) is 0 Å². The molecule has 82 valence electrons. The van der Waals surface area contributed by atoms with E-state index in [1.165, 1.54) is 6.42 Å². The lowest BCUT2D eigenvalue weighted by molar-refractivity contribution is 0.665. The van der Waals surface area contributed by atoms with Crippen molar-refractivity contribution in [1.29, 1.82) is 0 Å². The molecule has 0 atom stereocenters. The van der Waals surface area contributed by atoms with Crippen molar-refractivity contribution >= 4 is 28.1 Å². The molecule has 0 aliphatic rings. The van der Waals surface area contributed by atoms with Gasteiger partial charge in [-0.05, 0) is 10.1 Å². The fourth-order valence-electron chi connectivity index (χ4n) is 1.30. The Morgan fingerprint density at radius 1 is 0.846 bits per heavy atom. The van der Waals surface area contributed by atoms with Crippen LogP contribution in [0.5, 0.6) is 0 Å². The molecule has 0 aliphatic heterocycles. The maximum absolute atomic E-state index is 2.69. The highest BCUT2D eigenvalue weighted by Gasteiger charge is 2.33. The van der Waals surface area contributed by atoms with Gasteiger partial charge in [0.05, 0.1) is 0 Å². The predicted octanol–water partition coefficient (Wildman–Crippen LogP) is 5.16. The van der Waals surface area contributed by atoms with Gasteiger partial charge < -0.3 is 0 Å². The molecule has 2 heteroatoms. The number of hydrogen-bond acceptors (Lipinski definition) is 0. The molecular formula is C11H27ISi. The molecule has 0 spiro atoms. The van der Waals surface area contributed by atoms with E-state index >= 15 is 0 Å². The second kappa shape index (κ2) is 6.43. The summed E-state index contributed by atoms with van der Waals surface area (Å²) >= 11 is 2.69. The Morgan fingerprint density at radius 2 is 1.00 bits per heavy atom. The molecule has 0 aromatic heterocycles. The summed E-state index contributed by atoms with van der Waals surface area (Å²) in [4.78, 5) is 0. The van der Waals surface area contributed by atoms with E-state index in [2.05, 4.69) is 77.2 Å². The van der Waals surface area contributed by atoms with E-state index in [0.29, 0.717) is 10.1 Å². The van der Waals surface area contributed by atoms with E-state index < -0.39 is 6.29 Å². The summed E-state index contributed by atoms with van der Waals surface area (Å²) in [7, 11) is 0. The molecule has 0 rings (SSSR count). The van der Waals surface area contributed by atoms with Crippen molar-refractivity contribution in [2.75, 3.05) is 0 Å². The molecule has 13 heavy (non-hydrogen) atoms. The molecule has 0 aliphatic carbocycles. The van der Waals surface area contributed by atoms with E-state index in [4.69, 9.17) is 0 Å². The van der Waals surface area contributed by atoms with Crippen LogP contribution in [0, 0.1) is 0 Å².